The number of hydrogen-bond acceptors (Lipinski definition) is 8. The SMILES string of the molecule is O=C(/C=C/C(=O)ON1CC[C@@H](OCc2ccccc2-c2cccc(F)c2F)C1)ON1CC[C@@H](OCc2ccccc2-c2cccc(F)c2F)C1. The number of rotatable bonds is 12. The second-order valence-corrected chi connectivity index (χ2v) is 11.9. The predicted molar refractivity (Wildman–Crippen MR) is 174 cm³/mol. The number of nitrogens with zero attached hydrogens (tertiary/aromatic N) is 2. The molecule has 2 aliphatic heterocycles. The van der Waals surface area contributed by atoms with Gasteiger partial charge in [-0.2, -0.15) is 0 Å². The molecule has 4 aromatic rings. The van der Waals surface area contributed by atoms with Crippen LogP contribution in [-0.4, -0.2) is 60.5 Å². The smallest absolute Gasteiger partial charge is 0.349 e. The third-order valence-electron chi connectivity index (χ3n) is 8.48. The van der Waals surface area contributed by atoms with Crippen molar-refractivity contribution >= 4 is 11.9 Å². The minimum atomic E-state index is -0.929. The maximum absolute atomic E-state index is 14.4. The molecule has 2 fully saturated rings. The molecule has 0 N–H and O–H groups in total. The molecule has 0 radical (unpaired) electrons. The van der Waals surface area contributed by atoms with E-state index in [0.29, 0.717) is 48.2 Å². The van der Waals surface area contributed by atoms with E-state index in [1.807, 2.05) is 0 Å². The summed E-state index contributed by atoms with van der Waals surface area (Å²) in [6.07, 6.45) is 2.55. The molecule has 0 bridgehead atoms. The molecule has 50 heavy (non-hydrogen) atoms. The summed E-state index contributed by atoms with van der Waals surface area (Å²) in [5, 5.41) is 2.87. The molecular weight excluding hydrogens is 656 g/mol. The third-order valence-corrected chi connectivity index (χ3v) is 8.48. The van der Waals surface area contributed by atoms with E-state index in [2.05, 4.69) is 0 Å². The van der Waals surface area contributed by atoms with Gasteiger partial charge in [0.15, 0.2) is 23.3 Å². The highest BCUT2D eigenvalue weighted by molar-refractivity contribution is 5.91. The van der Waals surface area contributed by atoms with E-state index in [4.69, 9.17) is 19.1 Å². The molecule has 6 rings (SSSR count). The van der Waals surface area contributed by atoms with E-state index < -0.39 is 35.2 Å². The van der Waals surface area contributed by atoms with E-state index in [1.165, 1.54) is 34.4 Å². The van der Waals surface area contributed by atoms with Crippen molar-refractivity contribution in [3.8, 4) is 22.3 Å². The molecule has 0 spiro atoms. The largest absolute Gasteiger partial charge is 0.372 e. The number of ether oxygens (including phenoxy) is 2. The molecule has 4 aromatic carbocycles. The molecule has 260 valence electrons. The van der Waals surface area contributed by atoms with Crippen LogP contribution in [0.5, 0.6) is 0 Å². The van der Waals surface area contributed by atoms with Crippen molar-refractivity contribution < 1.29 is 46.3 Å². The molecule has 0 unspecified atom stereocenters. The fraction of sp³-hybridized carbons (Fsp3) is 0.263. The summed E-state index contributed by atoms with van der Waals surface area (Å²) in [6.45, 7) is 1.69. The van der Waals surface area contributed by atoms with Crippen molar-refractivity contribution in [2.45, 2.75) is 38.3 Å². The molecule has 2 aliphatic rings. The van der Waals surface area contributed by atoms with Gasteiger partial charge in [-0.3, -0.25) is 0 Å². The van der Waals surface area contributed by atoms with Crippen LogP contribution < -0.4 is 0 Å². The van der Waals surface area contributed by atoms with Crippen LogP contribution in [-0.2, 0) is 42.0 Å². The Bertz CT molecular complexity index is 1740. The van der Waals surface area contributed by atoms with Gasteiger partial charge in [0.25, 0.3) is 0 Å². The number of carbonyl (C=O) groups excluding carboxylic acids is 2. The van der Waals surface area contributed by atoms with Crippen LogP contribution in [0.15, 0.2) is 97.1 Å². The fourth-order valence-electron chi connectivity index (χ4n) is 5.94. The van der Waals surface area contributed by atoms with Crippen molar-refractivity contribution in [1.29, 1.82) is 0 Å². The first-order valence-corrected chi connectivity index (χ1v) is 16.1. The molecule has 0 saturated carbocycles. The number of carbonyl (C=O) groups is 2. The highest BCUT2D eigenvalue weighted by Gasteiger charge is 2.28. The molecule has 2 saturated heterocycles. The van der Waals surface area contributed by atoms with Gasteiger partial charge in [-0.25, -0.2) is 27.2 Å². The normalized spacial score (nSPS) is 18.2. The second kappa shape index (κ2) is 16.2. The number of halogens is 4. The van der Waals surface area contributed by atoms with Crippen LogP contribution in [0, 0.1) is 23.3 Å². The predicted octanol–water partition coefficient (Wildman–Crippen LogP) is 6.93. The summed E-state index contributed by atoms with van der Waals surface area (Å²) in [5.41, 5.74) is 2.73. The Hall–Kier alpha value is -4.88. The molecular formula is C38H34F4N2O6. The molecule has 0 aromatic heterocycles. The fourth-order valence-corrected chi connectivity index (χ4v) is 5.94. The summed E-state index contributed by atoms with van der Waals surface area (Å²) >= 11 is 0. The van der Waals surface area contributed by atoms with Crippen molar-refractivity contribution in [2.75, 3.05) is 26.2 Å². The summed E-state index contributed by atoms with van der Waals surface area (Å²) in [7, 11) is 0. The van der Waals surface area contributed by atoms with E-state index in [0.717, 1.165) is 24.3 Å². The third kappa shape index (κ3) is 8.64. The Morgan fingerprint density at radius 2 is 0.980 bits per heavy atom. The molecule has 2 atom stereocenters. The van der Waals surface area contributed by atoms with E-state index in [-0.39, 0.29) is 49.6 Å². The van der Waals surface area contributed by atoms with E-state index in [1.54, 1.807) is 48.5 Å². The standard InChI is InChI=1S/C38H34F4N2O6/c39-33-13-5-11-31(37(33)41)29-9-3-1-7-25(29)23-47-27-17-19-43(21-27)49-35(45)15-16-36(46)50-44-20-18-28(22-44)48-24-26-8-2-4-10-30(26)32-12-6-14-34(40)38(32)42/h1-16,27-28H,17-24H2/b16-15+/t27-,28-/m1/s1. The highest BCUT2D eigenvalue weighted by atomic mass is 19.2. The Labute approximate surface area is 286 Å². The summed E-state index contributed by atoms with van der Waals surface area (Å²) in [5.74, 6) is -5.22. The average Bonchev–Trinajstić information content (AvgIpc) is 3.77. The molecule has 2 heterocycles. The van der Waals surface area contributed by atoms with Crippen LogP contribution in [0.3, 0.4) is 0 Å². The zero-order valence-electron chi connectivity index (χ0n) is 26.9. The van der Waals surface area contributed by atoms with Gasteiger partial charge >= 0.3 is 11.9 Å². The maximum atomic E-state index is 14.4. The van der Waals surface area contributed by atoms with Crippen molar-refractivity contribution in [3.63, 3.8) is 0 Å². The van der Waals surface area contributed by atoms with E-state index in [9.17, 15) is 27.2 Å². The maximum Gasteiger partial charge on any atom is 0.349 e. The van der Waals surface area contributed by atoms with Crippen molar-refractivity contribution in [1.82, 2.24) is 10.1 Å². The zero-order chi connectivity index (χ0) is 35.0. The van der Waals surface area contributed by atoms with Gasteiger partial charge in [-0.05, 0) is 47.2 Å². The number of hydroxylamine groups is 4. The average molecular weight is 691 g/mol. The quantitative estimate of drug-likeness (QED) is 0.117. The lowest BCUT2D eigenvalue weighted by atomic mass is 9.99. The Kier molecular flexibility index (Phi) is 11.3. The Balaban J connectivity index is 0.919. The van der Waals surface area contributed by atoms with Gasteiger partial charge < -0.3 is 19.1 Å². The lowest BCUT2D eigenvalue weighted by Crippen LogP contribution is -2.27. The van der Waals surface area contributed by atoms with Crippen LogP contribution in [0.25, 0.3) is 22.3 Å². The van der Waals surface area contributed by atoms with Crippen LogP contribution >= 0.6 is 0 Å². The molecule has 8 nitrogen and oxygen atoms in total. The van der Waals surface area contributed by atoms with Crippen LogP contribution in [0.4, 0.5) is 17.6 Å². The summed E-state index contributed by atoms with van der Waals surface area (Å²) in [6, 6.07) is 22.1. The van der Waals surface area contributed by atoms with E-state index >= 15 is 0 Å². The Morgan fingerprint density at radius 1 is 0.580 bits per heavy atom. The second-order valence-electron chi connectivity index (χ2n) is 11.9. The van der Waals surface area contributed by atoms with Gasteiger partial charge in [0, 0.05) is 36.4 Å². The van der Waals surface area contributed by atoms with Gasteiger partial charge in [0.1, 0.15) is 0 Å². The van der Waals surface area contributed by atoms with Gasteiger partial charge in [0.2, 0.25) is 0 Å². The summed E-state index contributed by atoms with van der Waals surface area (Å²) in [4.78, 5) is 35.4. The topological polar surface area (TPSA) is 77.5 Å². The number of benzene rings is 4. The first-order chi connectivity index (χ1) is 24.2. The molecule has 0 amide bonds. The first kappa shape index (κ1) is 35.0. The Morgan fingerprint density at radius 3 is 1.42 bits per heavy atom. The van der Waals surface area contributed by atoms with Crippen LogP contribution in [0.2, 0.25) is 0 Å². The van der Waals surface area contributed by atoms with Crippen molar-refractivity contribution in [2.24, 2.45) is 0 Å². The van der Waals surface area contributed by atoms with Crippen molar-refractivity contribution in [3.05, 3.63) is 131 Å². The highest BCUT2D eigenvalue weighted by Crippen LogP contribution is 2.30. The minimum absolute atomic E-state index is 0.147. The lowest BCUT2D eigenvalue weighted by molar-refractivity contribution is -0.183. The minimum Gasteiger partial charge on any atom is -0.372 e. The molecule has 0 aliphatic carbocycles. The lowest BCUT2D eigenvalue weighted by Gasteiger charge is -2.17. The van der Waals surface area contributed by atoms with Gasteiger partial charge in [-0.15, -0.1) is 10.1 Å². The van der Waals surface area contributed by atoms with Crippen LogP contribution in [0.1, 0.15) is 24.0 Å². The number of hydrogen-bond donors (Lipinski definition) is 0. The monoisotopic (exact) mass is 690 g/mol. The zero-order valence-corrected chi connectivity index (χ0v) is 26.9. The molecule has 12 heteroatoms. The van der Waals surface area contributed by atoms with Gasteiger partial charge in [-0.1, -0.05) is 72.8 Å². The summed E-state index contributed by atoms with van der Waals surface area (Å²) < 4.78 is 68.5. The van der Waals surface area contributed by atoms with Gasteiger partial charge in [0.05, 0.1) is 38.5 Å². The first-order valence-electron chi connectivity index (χ1n) is 16.1.